The van der Waals surface area contributed by atoms with Gasteiger partial charge in [-0.25, -0.2) is 4.79 Å². The number of esters is 1. The average molecular weight is 228 g/mol. The molecule has 2 unspecified atom stereocenters. The van der Waals surface area contributed by atoms with Gasteiger partial charge in [-0.15, -0.1) is 0 Å². The summed E-state index contributed by atoms with van der Waals surface area (Å²) in [6, 6.07) is 0. The quantitative estimate of drug-likeness (QED) is 0.751. The van der Waals surface area contributed by atoms with E-state index in [1.165, 1.54) is 20.0 Å². The third-order valence-corrected chi connectivity index (χ3v) is 4.19. The van der Waals surface area contributed by atoms with Crippen LogP contribution in [0.15, 0.2) is 0 Å². The Morgan fingerprint density at radius 1 is 1.31 bits per heavy atom. The Labute approximate surface area is 98.2 Å². The molecule has 0 bridgehead atoms. The van der Waals surface area contributed by atoms with E-state index in [-0.39, 0.29) is 11.8 Å². The lowest BCUT2D eigenvalue weighted by Crippen LogP contribution is -2.52. The minimum Gasteiger partial charge on any atom is -0.467 e. The molecule has 1 saturated carbocycles. The van der Waals surface area contributed by atoms with Gasteiger partial charge in [-0.2, -0.15) is 0 Å². The van der Waals surface area contributed by atoms with Crippen LogP contribution in [0.25, 0.3) is 0 Å². The largest absolute Gasteiger partial charge is 0.467 e. The molecule has 3 heteroatoms. The van der Waals surface area contributed by atoms with Crippen molar-refractivity contribution in [2.45, 2.75) is 52.1 Å². The second-order valence-electron chi connectivity index (χ2n) is 5.30. The number of aliphatic hydroxyl groups is 1. The third-order valence-electron chi connectivity index (χ3n) is 4.19. The maximum Gasteiger partial charge on any atom is 0.338 e. The summed E-state index contributed by atoms with van der Waals surface area (Å²) in [7, 11) is 1.34. The molecule has 0 saturated heterocycles. The Balaban J connectivity index is 2.87. The number of methoxy groups -OCH3 is 1. The van der Waals surface area contributed by atoms with Crippen molar-refractivity contribution in [1.82, 2.24) is 0 Å². The van der Waals surface area contributed by atoms with Crippen LogP contribution in [0.1, 0.15) is 46.5 Å². The van der Waals surface area contributed by atoms with Gasteiger partial charge < -0.3 is 9.84 Å². The van der Waals surface area contributed by atoms with Gasteiger partial charge >= 0.3 is 5.97 Å². The smallest absolute Gasteiger partial charge is 0.338 e. The summed E-state index contributed by atoms with van der Waals surface area (Å²) in [6.45, 7) is 5.73. The Kier molecular flexibility index (Phi) is 4.36. The summed E-state index contributed by atoms with van der Waals surface area (Å²) in [5.74, 6) is -0.175. The third kappa shape index (κ3) is 2.24. The predicted octanol–water partition coefficient (Wildman–Crippen LogP) is 2.37. The highest BCUT2D eigenvalue weighted by Crippen LogP contribution is 2.40. The van der Waals surface area contributed by atoms with Crippen LogP contribution in [-0.2, 0) is 9.53 Å². The first-order valence-electron chi connectivity index (χ1n) is 6.25. The van der Waals surface area contributed by atoms with Crippen molar-refractivity contribution in [1.29, 1.82) is 0 Å². The van der Waals surface area contributed by atoms with Crippen molar-refractivity contribution in [2.24, 2.45) is 17.8 Å². The van der Waals surface area contributed by atoms with Gasteiger partial charge in [-0.05, 0) is 17.8 Å². The van der Waals surface area contributed by atoms with Crippen molar-refractivity contribution >= 4 is 5.97 Å². The van der Waals surface area contributed by atoms with E-state index in [0.29, 0.717) is 5.92 Å². The summed E-state index contributed by atoms with van der Waals surface area (Å²) < 4.78 is 4.77. The standard InChI is InChI=1S/C13H24O3/c1-9(2)13(15,12(14)16-4)10(3)11-7-5-6-8-11/h9-11,15H,5-8H2,1-4H3. The van der Waals surface area contributed by atoms with Crippen molar-refractivity contribution in [3.8, 4) is 0 Å². The van der Waals surface area contributed by atoms with E-state index in [4.69, 9.17) is 4.74 Å². The number of hydrogen-bond donors (Lipinski definition) is 1. The Hall–Kier alpha value is -0.570. The molecule has 0 spiro atoms. The molecule has 0 aromatic heterocycles. The molecular weight excluding hydrogens is 204 g/mol. The highest BCUT2D eigenvalue weighted by Gasteiger charge is 2.48. The van der Waals surface area contributed by atoms with Gasteiger partial charge in [0.25, 0.3) is 0 Å². The first kappa shape index (κ1) is 13.5. The summed E-state index contributed by atoms with van der Waals surface area (Å²) in [4.78, 5) is 11.8. The molecule has 1 aliphatic rings. The zero-order chi connectivity index (χ0) is 12.3. The van der Waals surface area contributed by atoms with E-state index in [2.05, 4.69) is 0 Å². The van der Waals surface area contributed by atoms with Crippen LogP contribution >= 0.6 is 0 Å². The molecule has 0 aromatic carbocycles. The molecule has 0 aliphatic heterocycles. The fraction of sp³-hybridized carbons (Fsp3) is 0.923. The number of carbonyl (C=O) groups is 1. The minimum atomic E-state index is -1.33. The number of ether oxygens (including phenoxy) is 1. The molecule has 1 aliphatic carbocycles. The topological polar surface area (TPSA) is 46.5 Å². The van der Waals surface area contributed by atoms with Crippen molar-refractivity contribution < 1.29 is 14.6 Å². The fourth-order valence-electron chi connectivity index (χ4n) is 2.93. The molecule has 0 amide bonds. The van der Waals surface area contributed by atoms with Crippen molar-refractivity contribution in [3.05, 3.63) is 0 Å². The van der Waals surface area contributed by atoms with Crippen molar-refractivity contribution in [2.75, 3.05) is 7.11 Å². The first-order chi connectivity index (χ1) is 7.44. The number of rotatable bonds is 4. The lowest BCUT2D eigenvalue weighted by atomic mass is 9.72. The van der Waals surface area contributed by atoms with E-state index < -0.39 is 11.6 Å². The monoisotopic (exact) mass is 228 g/mol. The molecule has 3 nitrogen and oxygen atoms in total. The normalized spacial score (nSPS) is 23.1. The molecule has 2 atom stereocenters. The molecule has 1 rings (SSSR count). The van der Waals surface area contributed by atoms with Gasteiger partial charge in [-0.3, -0.25) is 0 Å². The number of carbonyl (C=O) groups excluding carboxylic acids is 1. The molecule has 16 heavy (non-hydrogen) atoms. The maximum atomic E-state index is 11.8. The van der Waals surface area contributed by atoms with Crippen LogP contribution in [0, 0.1) is 17.8 Å². The second-order valence-corrected chi connectivity index (χ2v) is 5.30. The van der Waals surface area contributed by atoms with E-state index >= 15 is 0 Å². The highest BCUT2D eigenvalue weighted by molar-refractivity contribution is 5.80. The van der Waals surface area contributed by atoms with Crippen LogP contribution in [-0.4, -0.2) is 23.8 Å². The van der Waals surface area contributed by atoms with Gasteiger partial charge in [0.15, 0.2) is 5.60 Å². The first-order valence-corrected chi connectivity index (χ1v) is 6.25. The van der Waals surface area contributed by atoms with E-state index in [0.717, 1.165) is 12.8 Å². The summed E-state index contributed by atoms with van der Waals surface area (Å²) >= 11 is 0. The second kappa shape index (κ2) is 5.17. The summed E-state index contributed by atoms with van der Waals surface area (Å²) in [6.07, 6.45) is 4.66. The van der Waals surface area contributed by atoms with Gasteiger partial charge in [0.05, 0.1) is 7.11 Å². The zero-order valence-corrected chi connectivity index (χ0v) is 10.8. The van der Waals surface area contributed by atoms with Crippen LogP contribution < -0.4 is 0 Å². The molecule has 0 aromatic rings. The van der Waals surface area contributed by atoms with Crippen LogP contribution in [0.3, 0.4) is 0 Å². The molecule has 0 heterocycles. The fourth-order valence-corrected chi connectivity index (χ4v) is 2.93. The molecule has 0 radical (unpaired) electrons. The van der Waals surface area contributed by atoms with Crippen LogP contribution in [0.2, 0.25) is 0 Å². The van der Waals surface area contributed by atoms with Gasteiger partial charge in [0.2, 0.25) is 0 Å². The zero-order valence-electron chi connectivity index (χ0n) is 10.8. The minimum absolute atomic E-state index is 0.0255. The van der Waals surface area contributed by atoms with Crippen LogP contribution in [0.5, 0.6) is 0 Å². The Morgan fingerprint density at radius 3 is 2.19 bits per heavy atom. The SMILES string of the molecule is COC(=O)C(O)(C(C)C)C(C)C1CCCC1. The lowest BCUT2D eigenvalue weighted by Gasteiger charge is -2.38. The van der Waals surface area contributed by atoms with Gasteiger partial charge in [-0.1, -0.05) is 46.5 Å². The van der Waals surface area contributed by atoms with E-state index in [1.807, 2.05) is 20.8 Å². The molecular formula is C13H24O3. The van der Waals surface area contributed by atoms with Gasteiger partial charge in [0, 0.05) is 0 Å². The van der Waals surface area contributed by atoms with Gasteiger partial charge in [0.1, 0.15) is 0 Å². The van der Waals surface area contributed by atoms with E-state index in [1.54, 1.807) is 0 Å². The highest BCUT2D eigenvalue weighted by atomic mass is 16.5. The Morgan fingerprint density at radius 2 is 1.81 bits per heavy atom. The van der Waals surface area contributed by atoms with Crippen molar-refractivity contribution in [3.63, 3.8) is 0 Å². The lowest BCUT2D eigenvalue weighted by molar-refractivity contribution is -0.177. The van der Waals surface area contributed by atoms with E-state index in [9.17, 15) is 9.90 Å². The number of hydrogen-bond acceptors (Lipinski definition) is 3. The Bertz CT molecular complexity index is 244. The average Bonchev–Trinajstić information content (AvgIpc) is 2.78. The molecule has 1 fully saturated rings. The maximum absolute atomic E-state index is 11.8. The predicted molar refractivity (Wildman–Crippen MR) is 62.9 cm³/mol. The molecule has 1 N–H and O–H groups in total. The van der Waals surface area contributed by atoms with Crippen LogP contribution in [0.4, 0.5) is 0 Å². The summed E-state index contributed by atoms with van der Waals surface area (Å²) in [5.41, 5.74) is -1.33. The molecule has 94 valence electrons. The summed E-state index contributed by atoms with van der Waals surface area (Å²) in [5, 5.41) is 10.6.